The summed E-state index contributed by atoms with van der Waals surface area (Å²) >= 11 is 1.05. The van der Waals surface area contributed by atoms with E-state index < -0.39 is 5.56 Å². The second-order valence-electron chi connectivity index (χ2n) is 4.49. The van der Waals surface area contributed by atoms with E-state index in [0.29, 0.717) is 17.1 Å². The van der Waals surface area contributed by atoms with Crippen molar-refractivity contribution in [1.82, 2.24) is 9.38 Å². The third-order valence-electron chi connectivity index (χ3n) is 2.61. The first-order valence-corrected chi connectivity index (χ1v) is 6.45. The third-order valence-corrected chi connectivity index (χ3v) is 3.57. The molecule has 0 fully saturated rings. The van der Waals surface area contributed by atoms with E-state index in [1.807, 2.05) is 26.0 Å². The smallest absolute Gasteiger partial charge is 0.278 e. The molecular formula is C12H11N5OS. The fraction of sp³-hybridized carbons (Fsp3) is 0.333. The minimum Gasteiger partial charge on any atom is -0.383 e. The van der Waals surface area contributed by atoms with Crippen molar-refractivity contribution in [2.24, 2.45) is 5.92 Å². The highest BCUT2D eigenvalue weighted by atomic mass is 32.1. The molecule has 0 spiro atoms. The summed E-state index contributed by atoms with van der Waals surface area (Å²) in [6.45, 7) is 3.96. The Labute approximate surface area is 113 Å². The van der Waals surface area contributed by atoms with Gasteiger partial charge in [-0.05, 0) is 12.3 Å². The number of anilines is 1. The van der Waals surface area contributed by atoms with Gasteiger partial charge in [0.05, 0.1) is 5.69 Å². The Balaban J connectivity index is 2.86. The Morgan fingerprint density at radius 3 is 2.63 bits per heavy atom. The molecule has 2 aromatic heterocycles. The molecule has 0 amide bonds. The predicted octanol–water partition coefficient (Wildman–Crippen LogP) is 1.28. The lowest BCUT2D eigenvalue weighted by Crippen LogP contribution is -2.22. The van der Waals surface area contributed by atoms with E-state index in [9.17, 15) is 4.79 Å². The van der Waals surface area contributed by atoms with Crippen LogP contribution in [0.15, 0.2) is 4.79 Å². The third kappa shape index (κ3) is 2.05. The van der Waals surface area contributed by atoms with Crippen LogP contribution in [-0.2, 0) is 6.42 Å². The van der Waals surface area contributed by atoms with Gasteiger partial charge in [0.15, 0.2) is 4.96 Å². The van der Waals surface area contributed by atoms with Crippen LogP contribution < -0.4 is 11.3 Å². The highest BCUT2D eigenvalue weighted by Gasteiger charge is 2.18. The molecule has 2 heterocycles. The summed E-state index contributed by atoms with van der Waals surface area (Å²) in [7, 11) is 0. The van der Waals surface area contributed by atoms with Crippen LogP contribution in [0, 0.1) is 28.6 Å². The molecule has 0 unspecified atom stereocenters. The Morgan fingerprint density at radius 1 is 1.42 bits per heavy atom. The van der Waals surface area contributed by atoms with Gasteiger partial charge in [-0.3, -0.25) is 4.79 Å². The van der Waals surface area contributed by atoms with Crippen LogP contribution in [0.4, 0.5) is 5.82 Å². The zero-order valence-corrected chi connectivity index (χ0v) is 11.3. The lowest BCUT2D eigenvalue weighted by Gasteiger charge is -2.06. The molecule has 0 saturated heterocycles. The van der Waals surface area contributed by atoms with Crippen LogP contribution >= 0.6 is 11.3 Å². The maximum Gasteiger partial charge on any atom is 0.278 e. The maximum atomic E-state index is 12.2. The van der Waals surface area contributed by atoms with Gasteiger partial charge in [-0.15, -0.1) is 0 Å². The average Bonchev–Trinajstić information content (AvgIpc) is 2.65. The SMILES string of the molecule is CC(C)Cc1nc2sc(C#N)c(N)n2c(=O)c1C#N. The fourth-order valence-corrected chi connectivity index (χ4v) is 2.65. The van der Waals surface area contributed by atoms with E-state index in [0.717, 1.165) is 15.7 Å². The molecule has 6 nitrogen and oxygen atoms in total. The minimum atomic E-state index is -0.501. The van der Waals surface area contributed by atoms with Crippen molar-refractivity contribution in [1.29, 1.82) is 10.5 Å². The average molecular weight is 273 g/mol. The summed E-state index contributed by atoms with van der Waals surface area (Å²) in [5, 5.41) is 18.0. The van der Waals surface area contributed by atoms with E-state index in [2.05, 4.69) is 4.98 Å². The predicted molar refractivity (Wildman–Crippen MR) is 71.7 cm³/mol. The summed E-state index contributed by atoms with van der Waals surface area (Å²) in [6, 6.07) is 3.81. The molecule has 96 valence electrons. The van der Waals surface area contributed by atoms with Crippen molar-refractivity contribution in [3.8, 4) is 12.1 Å². The number of hydrogen-bond acceptors (Lipinski definition) is 6. The largest absolute Gasteiger partial charge is 0.383 e. The van der Waals surface area contributed by atoms with Gasteiger partial charge in [0.25, 0.3) is 5.56 Å². The molecule has 0 aliphatic heterocycles. The zero-order chi connectivity index (χ0) is 14.2. The van der Waals surface area contributed by atoms with E-state index in [1.54, 1.807) is 0 Å². The summed E-state index contributed by atoms with van der Waals surface area (Å²) in [5.74, 6) is 0.321. The van der Waals surface area contributed by atoms with Gasteiger partial charge in [0.2, 0.25) is 0 Å². The molecule has 0 aliphatic carbocycles. The van der Waals surface area contributed by atoms with Crippen LogP contribution in [0.25, 0.3) is 4.96 Å². The van der Waals surface area contributed by atoms with Crippen molar-refractivity contribution in [3.05, 3.63) is 26.5 Å². The molecule has 0 atom stereocenters. The summed E-state index contributed by atoms with van der Waals surface area (Å²) < 4.78 is 1.13. The topological polar surface area (TPSA) is 108 Å². The van der Waals surface area contributed by atoms with Crippen LogP contribution in [-0.4, -0.2) is 9.38 Å². The normalized spacial score (nSPS) is 10.6. The number of fused-ring (bicyclic) bond motifs is 1. The van der Waals surface area contributed by atoms with Gasteiger partial charge in [-0.25, -0.2) is 9.38 Å². The summed E-state index contributed by atoms with van der Waals surface area (Å²) in [6.07, 6.45) is 0.536. The lowest BCUT2D eigenvalue weighted by molar-refractivity contribution is 0.633. The lowest BCUT2D eigenvalue weighted by atomic mass is 10.1. The Morgan fingerprint density at radius 2 is 2.11 bits per heavy atom. The number of aromatic nitrogens is 2. The van der Waals surface area contributed by atoms with Crippen LogP contribution in [0.1, 0.15) is 30.0 Å². The number of nitrogens with two attached hydrogens (primary N) is 1. The molecule has 0 saturated carbocycles. The fourth-order valence-electron chi connectivity index (χ4n) is 1.80. The van der Waals surface area contributed by atoms with Crippen molar-refractivity contribution < 1.29 is 0 Å². The second-order valence-corrected chi connectivity index (χ2v) is 5.47. The first-order valence-electron chi connectivity index (χ1n) is 5.63. The van der Waals surface area contributed by atoms with E-state index in [-0.39, 0.29) is 22.2 Å². The summed E-state index contributed by atoms with van der Waals surface area (Å²) in [5.41, 5.74) is 5.69. The molecule has 0 aliphatic rings. The first-order chi connectivity index (χ1) is 8.99. The Hall–Kier alpha value is -2.38. The Kier molecular flexibility index (Phi) is 3.24. The minimum absolute atomic E-state index is 0.000176. The highest BCUT2D eigenvalue weighted by Crippen LogP contribution is 2.23. The van der Waals surface area contributed by atoms with Gasteiger partial charge in [0.1, 0.15) is 28.4 Å². The monoisotopic (exact) mass is 273 g/mol. The number of thiazole rings is 1. The quantitative estimate of drug-likeness (QED) is 0.886. The molecule has 2 rings (SSSR count). The van der Waals surface area contributed by atoms with E-state index in [1.165, 1.54) is 0 Å². The van der Waals surface area contributed by atoms with Gasteiger partial charge in [0, 0.05) is 0 Å². The molecule has 0 bridgehead atoms. The van der Waals surface area contributed by atoms with Crippen LogP contribution in [0.3, 0.4) is 0 Å². The standard InChI is InChI=1S/C12H11N5OS/c1-6(2)3-8-7(4-13)11(18)17-10(15)9(5-14)19-12(17)16-8/h6H,3,15H2,1-2H3. The highest BCUT2D eigenvalue weighted by molar-refractivity contribution is 7.18. The molecule has 0 aromatic carbocycles. The summed E-state index contributed by atoms with van der Waals surface area (Å²) in [4.78, 5) is 17.1. The molecule has 19 heavy (non-hydrogen) atoms. The van der Waals surface area contributed by atoms with Gasteiger partial charge >= 0.3 is 0 Å². The number of nitrogens with zero attached hydrogens (tertiary/aromatic N) is 4. The Bertz CT molecular complexity index is 788. The molecule has 2 N–H and O–H groups in total. The number of hydrogen-bond donors (Lipinski definition) is 1. The van der Waals surface area contributed by atoms with Crippen molar-refractivity contribution in [2.75, 3.05) is 5.73 Å². The molecule has 2 aromatic rings. The zero-order valence-electron chi connectivity index (χ0n) is 10.5. The van der Waals surface area contributed by atoms with Crippen LogP contribution in [0.2, 0.25) is 0 Å². The first kappa shape index (κ1) is 13.1. The molecular weight excluding hydrogens is 262 g/mol. The van der Waals surface area contributed by atoms with Crippen molar-refractivity contribution in [3.63, 3.8) is 0 Å². The maximum absolute atomic E-state index is 12.2. The van der Waals surface area contributed by atoms with Gasteiger partial charge in [-0.1, -0.05) is 25.2 Å². The molecule has 7 heteroatoms. The van der Waals surface area contributed by atoms with Gasteiger partial charge in [-0.2, -0.15) is 10.5 Å². The number of nitrogen functional groups attached to an aromatic ring is 1. The van der Waals surface area contributed by atoms with E-state index >= 15 is 0 Å². The van der Waals surface area contributed by atoms with Gasteiger partial charge < -0.3 is 5.73 Å². The molecule has 0 radical (unpaired) electrons. The van der Waals surface area contributed by atoms with Crippen molar-refractivity contribution in [2.45, 2.75) is 20.3 Å². The van der Waals surface area contributed by atoms with Crippen LogP contribution in [0.5, 0.6) is 0 Å². The number of nitriles is 2. The number of rotatable bonds is 2. The van der Waals surface area contributed by atoms with E-state index in [4.69, 9.17) is 16.3 Å². The van der Waals surface area contributed by atoms with Crippen molar-refractivity contribution >= 4 is 22.1 Å². The second kappa shape index (κ2) is 4.71.